The fourth-order valence-corrected chi connectivity index (χ4v) is 4.33. The number of nitrogens with zero attached hydrogens (tertiary/aromatic N) is 2. The zero-order valence-corrected chi connectivity index (χ0v) is 14.0. The third-order valence-corrected chi connectivity index (χ3v) is 5.61. The maximum Gasteiger partial charge on any atom is 0.191 e. The molecule has 2 aliphatic rings. The second-order valence-electron chi connectivity index (χ2n) is 6.48. The molecule has 1 aliphatic carbocycles. The van der Waals surface area contributed by atoms with Gasteiger partial charge in [-0.05, 0) is 13.3 Å². The number of thiazole rings is 1. The van der Waals surface area contributed by atoms with Gasteiger partial charge in [-0.25, -0.2) is 4.98 Å². The van der Waals surface area contributed by atoms with Crippen LogP contribution in [0.15, 0.2) is 11.2 Å². The number of aryl methyl sites for hydroxylation is 1. The molecule has 0 amide bonds. The molecule has 3 rings (SSSR count). The van der Waals surface area contributed by atoms with E-state index in [9.17, 15) is 0 Å². The Morgan fingerprint density at radius 1 is 1.57 bits per heavy atom. The lowest BCUT2D eigenvalue weighted by molar-refractivity contribution is -0.106. The Morgan fingerprint density at radius 3 is 3.05 bits per heavy atom. The monoisotopic (exact) mass is 308 g/mol. The van der Waals surface area contributed by atoms with Gasteiger partial charge in [0.1, 0.15) is 5.01 Å². The number of fused-ring (bicyclic) bond motifs is 1. The Hall–Kier alpha value is -1.14. The zero-order valence-electron chi connectivity index (χ0n) is 13.1. The van der Waals surface area contributed by atoms with E-state index in [1.54, 1.807) is 11.3 Å². The average molecular weight is 308 g/mol. The molecule has 3 unspecified atom stereocenters. The number of aliphatic imine (C=N–C) groups is 1. The SMILES string of the molecule is CN=C(NCc1ncc(C)s1)NC1C2CCOC2C1(C)C. The third kappa shape index (κ3) is 2.66. The molecule has 1 saturated heterocycles. The van der Waals surface area contributed by atoms with Crippen LogP contribution in [-0.2, 0) is 11.3 Å². The molecular formula is C15H24N4OS. The first-order valence-electron chi connectivity index (χ1n) is 7.52. The first-order chi connectivity index (χ1) is 10.0. The standard InChI is InChI=1S/C15H24N4OS/c1-9-7-17-11(21-9)8-18-14(16-4)19-12-10-5-6-20-13(10)15(12,2)3/h7,10,12-13H,5-6,8H2,1-4H3,(H2,16,18,19). The topological polar surface area (TPSA) is 58.5 Å². The van der Waals surface area contributed by atoms with Crippen molar-refractivity contribution in [1.29, 1.82) is 0 Å². The number of rotatable bonds is 3. The van der Waals surface area contributed by atoms with Crippen molar-refractivity contribution in [1.82, 2.24) is 15.6 Å². The highest BCUT2D eigenvalue weighted by Gasteiger charge is 2.59. The quantitative estimate of drug-likeness (QED) is 0.662. The van der Waals surface area contributed by atoms with Gasteiger partial charge in [-0.3, -0.25) is 4.99 Å². The highest BCUT2D eigenvalue weighted by Crippen LogP contribution is 2.52. The number of nitrogens with one attached hydrogen (secondary N) is 2. The van der Waals surface area contributed by atoms with Crippen molar-refractivity contribution in [3.63, 3.8) is 0 Å². The molecule has 3 atom stereocenters. The molecule has 0 radical (unpaired) electrons. The van der Waals surface area contributed by atoms with Crippen molar-refractivity contribution in [3.05, 3.63) is 16.1 Å². The lowest BCUT2D eigenvalue weighted by Gasteiger charge is -2.54. The minimum atomic E-state index is 0.163. The molecule has 0 spiro atoms. The van der Waals surface area contributed by atoms with Gasteiger partial charge in [-0.15, -0.1) is 11.3 Å². The number of guanidine groups is 1. The van der Waals surface area contributed by atoms with Crippen molar-refractivity contribution in [3.8, 4) is 0 Å². The van der Waals surface area contributed by atoms with E-state index in [1.807, 2.05) is 13.2 Å². The maximum atomic E-state index is 5.84. The largest absolute Gasteiger partial charge is 0.377 e. The second kappa shape index (κ2) is 5.57. The second-order valence-corrected chi connectivity index (χ2v) is 7.80. The Balaban J connectivity index is 1.58. The summed E-state index contributed by atoms with van der Waals surface area (Å²) in [4.78, 5) is 9.95. The Labute approximate surface area is 130 Å². The van der Waals surface area contributed by atoms with Gasteiger partial charge in [-0.2, -0.15) is 0 Å². The predicted molar refractivity (Wildman–Crippen MR) is 85.6 cm³/mol. The molecule has 0 bridgehead atoms. The van der Waals surface area contributed by atoms with Crippen LogP contribution in [0.5, 0.6) is 0 Å². The van der Waals surface area contributed by atoms with Gasteiger partial charge in [0.25, 0.3) is 0 Å². The van der Waals surface area contributed by atoms with Crippen molar-refractivity contribution >= 4 is 17.3 Å². The van der Waals surface area contributed by atoms with E-state index >= 15 is 0 Å². The lowest BCUT2D eigenvalue weighted by Crippen LogP contribution is -2.67. The van der Waals surface area contributed by atoms with Crippen LogP contribution in [0.1, 0.15) is 30.2 Å². The lowest BCUT2D eigenvalue weighted by atomic mass is 9.57. The van der Waals surface area contributed by atoms with Crippen LogP contribution in [-0.4, -0.2) is 36.7 Å². The van der Waals surface area contributed by atoms with Crippen LogP contribution >= 0.6 is 11.3 Å². The minimum Gasteiger partial charge on any atom is -0.377 e. The van der Waals surface area contributed by atoms with E-state index in [-0.39, 0.29) is 5.41 Å². The Bertz CT molecular complexity index is 540. The summed E-state index contributed by atoms with van der Waals surface area (Å²) < 4.78 is 5.84. The molecule has 1 saturated carbocycles. The van der Waals surface area contributed by atoms with Crippen LogP contribution < -0.4 is 10.6 Å². The summed E-state index contributed by atoms with van der Waals surface area (Å²) >= 11 is 1.72. The Morgan fingerprint density at radius 2 is 2.38 bits per heavy atom. The number of hydrogen-bond acceptors (Lipinski definition) is 4. The summed E-state index contributed by atoms with van der Waals surface area (Å²) in [5, 5.41) is 8.03. The van der Waals surface area contributed by atoms with Gasteiger partial charge < -0.3 is 15.4 Å². The van der Waals surface area contributed by atoms with Gasteiger partial charge in [0, 0.05) is 42.1 Å². The molecule has 6 heteroatoms. The minimum absolute atomic E-state index is 0.163. The fraction of sp³-hybridized carbons (Fsp3) is 0.733. The first kappa shape index (κ1) is 14.8. The van der Waals surface area contributed by atoms with Crippen molar-refractivity contribution in [2.45, 2.75) is 45.9 Å². The van der Waals surface area contributed by atoms with Gasteiger partial charge in [0.05, 0.1) is 12.6 Å². The van der Waals surface area contributed by atoms with Crippen molar-refractivity contribution < 1.29 is 4.74 Å². The average Bonchev–Trinajstić information content (AvgIpc) is 3.06. The summed E-state index contributed by atoms with van der Waals surface area (Å²) in [6.45, 7) is 8.23. The normalized spacial score (nSPS) is 30.7. The van der Waals surface area contributed by atoms with Gasteiger partial charge in [0.15, 0.2) is 5.96 Å². The highest BCUT2D eigenvalue weighted by molar-refractivity contribution is 7.11. The third-order valence-electron chi connectivity index (χ3n) is 4.69. The van der Waals surface area contributed by atoms with E-state index < -0.39 is 0 Å². The molecule has 0 aromatic carbocycles. The van der Waals surface area contributed by atoms with Crippen LogP contribution in [0.2, 0.25) is 0 Å². The van der Waals surface area contributed by atoms with Gasteiger partial charge >= 0.3 is 0 Å². The Kier molecular flexibility index (Phi) is 3.92. The van der Waals surface area contributed by atoms with Gasteiger partial charge in [0.2, 0.25) is 0 Å². The molecule has 1 aromatic heterocycles. The summed E-state index contributed by atoms with van der Waals surface area (Å²) in [5.41, 5.74) is 0.163. The smallest absolute Gasteiger partial charge is 0.191 e. The van der Waals surface area contributed by atoms with E-state index in [0.29, 0.717) is 18.1 Å². The number of hydrogen-bond donors (Lipinski definition) is 2. The van der Waals surface area contributed by atoms with Crippen LogP contribution in [0.25, 0.3) is 0 Å². The van der Waals surface area contributed by atoms with Crippen molar-refractivity contribution in [2.75, 3.05) is 13.7 Å². The molecule has 1 aliphatic heterocycles. The number of ether oxygens (including phenoxy) is 1. The molecule has 116 valence electrons. The van der Waals surface area contributed by atoms with E-state index in [4.69, 9.17) is 4.74 Å². The van der Waals surface area contributed by atoms with E-state index in [1.165, 1.54) is 4.88 Å². The molecular weight excluding hydrogens is 284 g/mol. The molecule has 2 heterocycles. The highest BCUT2D eigenvalue weighted by atomic mass is 32.1. The fourth-order valence-electron chi connectivity index (χ4n) is 3.60. The summed E-state index contributed by atoms with van der Waals surface area (Å²) in [5.74, 6) is 1.46. The predicted octanol–water partition coefficient (Wildman–Crippen LogP) is 1.93. The van der Waals surface area contributed by atoms with Crippen LogP contribution in [0.3, 0.4) is 0 Å². The first-order valence-corrected chi connectivity index (χ1v) is 8.34. The maximum absolute atomic E-state index is 5.84. The zero-order chi connectivity index (χ0) is 15.0. The number of aromatic nitrogens is 1. The van der Waals surface area contributed by atoms with Gasteiger partial charge in [-0.1, -0.05) is 13.8 Å². The van der Waals surface area contributed by atoms with Crippen molar-refractivity contribution in [2.24, 2.45) is 16.3 Å². The van der Waals surface area contributed by atoms with Crippen LogP contribution in [0, 0.1) is 18.3 Å². The van der Waals surface area contributed by atoms with Crippen LogP contribution in [0.4, 0.5) is 0 Å². The molecule has 2 N–H and O–H groups in total. The molecule has 21 heavy (non-hydrogen) atoms. The summed E-state index contributed by atoms with van der Waals surface area (Å²) in [7, 11) is 1.82. The summed E-state index contributed by atoms with van der Waals surface area (Å²) in [6.07, 6.45) is 3.46. The van der Waals surface area contributed by atoms with E-state index in [0.717, 1.165) is 30.5 Å². The van der Waals surface area contributed by atoms with E-state index in [2.05, 4.69) is 41.4 Å². The summed E-state index contributed by atoms with van der Waals surface area (Å²) in [6, 6.07) is 0.425. The molecule has 1 aromatic rings. The molecule has 2 fully saturated rings. The molecule has 5 nitrogen and oxygen atoms in total.